The van der Waals surface area contributed by atoms with Crippen molar-refractivity contribution in [3.8, 4) is 0 Å². The summed E-state index contributed by atoms with van der Waals surface area (Å²) in [5.74, 6) is 0.694. The van der Waals surface area contributed by atoms with E-state index in [1.807, 2.05) is 0 Å². The van der Waals surface area contributed by atoms with Gasteiger partial charge in [-0.2, -0.15) is 0 Å². The van der Waals surface area contributed by atoms with Crippen LogP contribution in [-0.4, -0.2) is 56.5 Å². The molecule has 1 unspecified atom stereocenters. The van der Waals surface area contributed by atoms with Crippen LogP contribution in [-0.2, 0) is 16.6 Å². The van der Waals surface area contributed by atoms with Gasteiger partial charge in [0, 0.05) is 26.7 Å². The first kappa shape index (κ1) is 26.7. The van der Waals surface area contributed by atoms with Gasteiger partial charge in [-0.05, 0) is 55.3 Å². The fourth-order valence-corrected chi connectivity index (χ4v) is 3.72. The molecule has 1 atom stereocenters. The number of aliphatic imine (C=N–C) groups is 1. The predicted octanol–water partition coefficient (Wildman–Crippen LogP) is 2.90. The standard InChI is InChI=1S/C23H39N5O.HI/c1-23(2,3)20-10-8-18(9-11-20)12-14-27-22(25-4)26-13-6-16-28-15-5-7-19(17-28)21(24)29;/h8-11,19H,5-7,12-17H2,1-4H3,(H2,24,29)(H2,25,26,27);1H. The summed E-state index contributed by atoms with van der Waals surface area (Å²) in [6.07, 6.45) is 3.97. The number of carbonyl (C=O) groups excluding carboxylic acids is 1. The van der Waals surface area contributed by atoms with E-state index in [1.165, 1.54) is 11.1 Å². The molecule has 0 aliphatic carbocycles. The molecule has 1 aliphatic rings. The third-order valence-corrected chi connectivity index (χ3v) is 5.60. The number of piperidine rings is 1. The van der Waals surface area contributed by atoms with Crippen LogP contribution in [0.1, 0.15) is 51.2 Å². The predicted molar refractivity (Wildman–Crippen MR) is 137 cm³/mol. The maximum atomic E-state index is 11.4. The van der Waals surface area contributed by atoms with E-state index in [1.54, 1.807) is 7.05 Å². The molecule has 1 aromatic carbocycles. The lowest BCUT2D eigenvalue weighted by Gasteiger charge is -2.31. The fourth-order valence-electron chi connectivity index (χ4n) is 3.72. The number of benzene rings is 1. The van der Waals surface area contributed by atoms with Crippen molar-refractivity contribution in [1.82, 2.24) is 15.5 Å². The number of nitrogens with zero attached hydrogens (tertiary/aromatic N) is 2. The Balaban J connectivity index is 0.00000450. The second kappa shape index (κ2) is 13.1. The zero-order valence-corrected chi connectivity index (χ0v) is 21.4. The van der Waals surface area contributed by atoms with Gasteiger partial charge in [0.05, 0.1) is 5.92 Å². The highest BCUT2D eigenvalue weighted by Crippen LogP contribution is 2.22. The summed E-state index contributed by atoms with van der Waals surface area (Å²) in [6, 6.07) is 8.89. The minimum atomic E-state index is -0.162. The summed E-state index contributed by atoms with van der Waals surface area (Å²) >= 11 is 0. The van der Waals surface area contributed by atoms with E-state index in [2.05, 4.69) is 65.6 Å². The van der Waals surface area contributed by atoms with Gasteiger partial charge in [0.25, 0.3) is 0 Å². The Morgan fingerprint density at radius 1 is 1.20 bits per heavy atom. The van der Waals surface area contributed by atoms with Crippen molar-refractivity contribution in [3.05, 3.63) is 35.4 Å². The van der Waals surface area contributed by atoms with E-state index in [4.69, 9.17) is 5.73 Å². The van der Waals surface area contributed by atoms with Crippen LogP contribution in [0, 0.1) is 5.92 Å². The molecular weight excluding hydrogens is 489 g/mol. The van der Waals surface area contributed by atoms with Crippen molar-refractivity contribution in [2.45, 2.75) is 51.9 Å². The average molecular weight is 530 g/mol. The average Bonchev–Trinajstić information content (AvgIpc) is 2.69. The molecule has 2 rings (SSSR count). The van der Waals surface area contributed by atoms with Crippen LogP contribution in [0.25, 0.3) is 0 Å². The van der Waals surface area contributed by atoms with Gasteiger partial charge in [-0.25, -0.2) is 0 Å². The Labute approximate surface area is 199 Å². The minimum absolute atomic E-state index is 0. The topological polar surface area (TPSA) is 82.8 Å². The van der Waals surface area contributed by atoms with Crippen LogP contribution < -0.4 is 16.4 Å². The number of rotatable bonds is 8. The van der Waals surface area contributed by atoms with Gasteiger partial charge >= 0.3 is 0 Å². The Morgan fingerprint density at radius 2 is 1.87 bits per heavy atom. The molecule has 4 N–H and O–H groups in total. The third kappa shape index (κ3) is 9.20. The van der Waals surface area contributed by atoms with Crippen LogP contribution in [0.15, 0.2) is 29.3 Å². The zero-order valence-electron chi connectivity index (χ0n) is 19.0. The van der Waals surface area contributed by atoms with Gasteiger partial charge in [-0.1, -0.05) is 45.0 Å². The molecule has 6 nitrogen and oxygen atoms in total. The lowest BCUT2D eigenvalue weighted by Crippen LogP contribution is -2.43. The van der Waals surface area contributed by atoms with E-state index in [0.717, 1.165) is 64.4 Å². The molecule has 0 saturated carbocycles. The first-order chi connectivity index (χ1) is 13.8. The molecule has 0 bridgehead atoms. The lowest BCUT2D eigenvalue weighted by atomic mass is 9.86. The van der Waals surface area contributed by atoms with Gasteiger partial charge in [0.1, 0.15) is 0 Å². The second-order valence-electron chi connectivity index (χ2n) is 9.02. The van der Waals surface area contributed by atoms with Gasteiger partial charge < -0.3 is 21.3 Å². The van der Waals surface area contributed by atoms with E-state index >= 15 is 0 Å². The van der Waals surface area contributed by atoms with Crippen LogP contribution in [0.5, 0.6) is 0 Å². The van der Waals surface area contributed by atoms with Crippen molar-refractivity contribution in [2.75, 3.05) is 39.8 Å². The number of likely N-dealkylation sites (tertiary alicyclic amines) is 1. The van der Waals surface area contributed by atoms with Crippen LogP contribution in [0.2, 0.25) is 0 Å². The number of primary amides is 1. The SMILES string of the molecule is CN=C(NCCCN1CCCC(C(N)=O)C1)NCCc1ccc(C(C)(C)C)cc1.I. The summed E-state index contributed by atoms with van der Waals surface area (Å²) in [5, 5.41) is 6.77. The quantitative estimate of drug-likeness (QED) is 0.209. The molecule has 1 saturated heterocycles. The number of carbonyl (C=O) groups is 1. The normalized spacial score (nSPS) is 17.9. The Morgan fingerprint density at radius 3 is 2.47 bits per heavy atom. The van der Waals surface area contributed by atoms with Crippen molar-refractivity contribution < 1.29 is 4.79 Å². The van der Waals surface area contributed by atoms with E-state index in [-0.39, 0.29) is 41.2 Å². The number of nitrogens with two attached hydrogens (primary N) is 1. The van der Waals surface area contributed by atoms with E-state index < -0.39 is 0 Å². The number of guanidine groups is 1. The first-order valence-corrected chi connectivity index (χ1v) is 10.8. The van der Waals surface area contributed by atoms with Crippen LogP contribution in [0.3, 0.4) is 0 Å². The van der Waals surface area contributed by atoms with Crippen molar-refractivity contribution in [3.63, 3.8) is 0 Å². The summed E-state index contributed by atoms with van der Waals surface area (Å²) in [6.45, 7) is 11.3. The Bertz CT molecular complexity index is 669. The summed E-state index contributed by atoms with van der Waals surface area (Å²) in [5.41, 5.74) is 8.34. The molecular formula is C23H40IN5O. The molecule has 1 amide bonds. The second-order valence-corrected chi connectivity index (χ2v) is 9.02. The van der Waals surface area contributed by atoms with Gasteiger partial charge in [-0.3, -0.25) is 9.79 Å². The monoisotopic (exact) mass is 529 g/mol. The molecule has 0 radical (unpaired) electrons. The molecule has 1 fully saturated rings. The first-order valence-electron chi connectivity index (χ1n) is 10.8. The van der Waals surface area contributed by atoms with Crippen LogP contribution in [0.4, 0.5) is 0 Å². The molecule has 1 heterocycles. The maximum absolute atomic E-state index is 11.4. The molecule has 7 heteroatoms. The smallest absolute Gasteiger partial charge is 0.221 e. The lowest BCUT2D eigenvalue weighted by molar-refractivity contribution is -0.123. The van der Waals surface area contributed by atoms with Crippen LogP contribution >= 0.6 is 24.0 Å². The molecule has 1 aliphatic heterocycles. The molecule has 0 spiro atoms. The van der Waals surface area contributed by atoms with Crippen molar-refractivity contribution in [2.24, 2.45) is 16.6 Å². The highest BCUT2D eigenvalue weighted by molar-refractivity contribution is 14.0. The van der Waals surface area contributed by atoms with Crippen molar-refractivity contribution >= 4 is 35.8 Å². The maximum Gasteiger partial charge on any atom is 0.221 e. The van der Waals surface area contributed by atoms with E-state index in [0.29, 0.717) is 0 Å². The molecule has 30 heavy (non-hydrogen) atoms. The highest BCUT2D eigenvalue weighted by Gasteiger charge is 2.23. The fraction of sp³-hybridized carbons (Fsp3) is 0.652. The van der Waals surface area contributed by atoms with Crippen molar-refractivity contribution in [1.29, 1.82) is 0 Å². The molecule has 1 aromatic rings. The van der Waals surface area contributed by atoms with Gasteiger partial charge in [-0.15, -0.1) is 24.0 Å². The largest absolute Gasteiger partial charge is 0.369 e. The molecule has 170 valence electrons. The number of hydrogen-bond acceptors (Lipinski definition) is 3. The number of nitrogens with one attached hydrogen (secondary N) is 2. The van der Waals surface area contributed by atoms with Gasteiger partial charge in [0.15, 0.2) is 5.96 Å². The minimum Gasteiger partial charge on any atom is -0.369 e. The summed E-state index contributed by atoms with van der Waals surface area (Å²) in [7, 11) is 1.80. The molecule has 0 aromatic heterocycles. The highest BCUT2D eigenvalue weighted by atomic mass is 127. The van der Waals surface area contributed by atoms with E-state index in [9.17, 15) is 4.79 Å². The summed E-state index contributed by atoms with van der Waals surface area (Å²) in [4.78, 5) is 18.0. The third-order valence-electron chi connectivity index (χ3n) is 5.60. The zero-order chi connectivity index (χ0) is 21.3. The number of hydrogen-bond donors (Lipinski definition) is 3. The Kier molecular flexibility index (Phi) is 11.7. The Hall–Kier alpha value is -1.35. The summed E-state index contributed by atoms with van der Waals surface area (Å²) < 4.78 is 0. The number of amides is 1. The number of halogens is 1. The van der Waals surface area contributed by atoms with Gasteiger partial charge in [0.2, 0.25) is 5.91 Å².